The number of nitrogens with zero attached hydrogens (tertiary/aromatic N) is 1. The van der Waals surface area contributed by atoms with Crippen LogP contribution in [0, 0.1) is 0 Å². The lowest BCUT2D eigenvalue weighted by Crippen LogP contribution is -2.12. The van der Waals surface area contributed by atoms with Crippen molar-refractivity contribution in [1.82, 2.24) is 10.3 Å². The average molecular weight is 148 g/mol. The Morgan fingerprint density at radius 2 is 2.64 bits per heavy atom. The molecule has 1 aromatic heterocycles. The molecule has 0 fully saturated rings. The Bertz CT molecular complexity index is 285. The molecular formula is C8H8N2O. The van der Waals surface area contributed by atoms with Crippen LogP contribution < -0.4 is 5.32 Å². The molecule has 1 aliphatic rings. The largest absolute Gasteiger partial charge is 0.301 e. The van der Waals surface area contributed by atoms with Gasteiger partial charge in [0, 0.05) is 18.9 Å². The first-order valence-electron chi connectivity index (χ1n) is 3.53. The zero-order chi connectivity index (χ0) is 7.68. The van der Waals surface area contributed by atoms with Crippen molar-refractivity contribution in [3.8, 4) is 0 Å². The summed E-state index contributed by atoms with van der Waals surface area (Å²) in [6, 6.07) is 1.77. The number of fused-ring (bicyclic) bond motifs is 1. The van der Waals surface area contributed by atoms with E-state index in [1.165, 1.54) is 0 Å². The van der Waals surface area contributed by atoms with Crippen molar-refractivity contribution >= 4 is 6.29 Å². The first-order valence-corrected chi connectivity index (χ1v) is 3.53. The molecule has 1 aliphatic heterocycles. The minimum Gasteiger partial charge on any atom is -0.301 e. The Morgan fingerprint density at radius 1 is 1.73 bits per heavy atom. The van der Waals surface area contributed by atoms with E-state index in [9.17, 15) is 4.79 Å². The van der Waals surface area contributed by atoms with E-state index in [-0.39, 0.29) is 6.04 Å². The number of carbonyl (C=O) groups excluding carboxylic acids is 1. The van der Waals surface area contributed by atoms with Gasteiger partial charge >= 0.3 is 0 Å². The van der Waals surface area contributed by atoms with Gasteiger partial charge in [0.05, 0.1) is 6.04 Å². The highest BCUT2D eigenvalue weighted by Gasteiger charge is 2.19. The van der Waals surface area contributed by atoms with Gasteiger partial charge in [-0.25, -0.2) is 0 Å². The number of hydrogen-bond donors (Lipinski definition) is 1. The number of aldehydes is 1. The Morgan fingerprint density at radius 3 is 3.45 bits per heavy atom. The third-order valence-corrected chi connectivity index (χ3v) is 1.92. The van der Waals surface area contributed by atoms with Gasteiger partial charge in [0.1, 0.15) is 6.29 Å². The summed E-state index contributed by atoms with van der Waals surface area (Å²) in [6.07, 6.45) is 4.43. The van der Waals surface area contributed by atoms with E-state index in [1.54, 1.807) is 12.4 Å². The normalized spacial score (nSPS) is 21.3. The first-order chi connectivity index (χ1) is 5.42. The number of nitrogens with one attached hydrogen (secondary N) is 1. The molecule has 1 atom stereocenters. The maximum Gasteiger partial charge on any atom is 0.141 e. The summed E-state index contributed by atoms with van der Waals surface area (Å²) in [5.41, 5.74) is 2.19. The SMILES string of the molecule is O=CC1NCc2cnccc21. The zero-order valence-electron chi connectivity index (χ0n) is 5.95. The highest BCUT2D eigenvalue weighted by molar-refractivity contribution is 5.63. The zero-order valence-corrected chi connectivity index (χ0v) is 5.95. The fourth-order valence-electron chi connectivity index (χ4n) is 1.34. The first kappa shape index (κ1) is 6.49. The van der Waals surface area contributed by atoms with Crippen molar-refractivity contribution < 1.29 is 4.79 Å². The molecule has 0 saturated carbocycles. The minimum atomic E-state index is -0.118. The summed E-state index contributed by atoms with van der Waals surface area (Å²) in [6.45, 7) is 0.757. The van der Waals surface area contributed by atoms with Gasteiger partial charge in [-0.1, -0.05) is 0 Å². The number of carbonyl (C=O) groups is 1. The molecule has 0 spiro atoms. The summed E-state index contributed by atoms with van der Waals surface area (Å²) < 4.78 is 0. The van der Waals surface area contributed by atoms with E-state index in [1.807, 2.05) is 6.07 Å². The van der Waals surface area contributed by atoms with Crippen molar-refractivity contribution in [2.24, 2.45) is 0 Å². The van der Waals surface area contributed by atoms with Crippen molar-refractivity contribution in [2.45, 2.75) is 12.6 Å². The quantitative estimate of drug-likeness (QED) is 0.587. The predicted molar refractivity (Wildman–Crippen MR) is 39.9 cm³/mol. The Labute approximate surface area is 64.5 Å². The van der Waals surface area contributed by atoms with Crippen LogP contribution in [0.15, 0.2) is 18.5 Å². The van der Waals surface area contributed by atoms with E-state index in [0.717, 1.165) is 24.0 Å². The van der Waals surface area contributed by atoms with Gasteiger partial charge in [0.15, 0.2) is 0 Å². The number of pyridine rings is 1. The second-order valence-electron chi connectivity index (χ2n) is 2.57. The maximum atomic E-state index is 10.5. The molecule has 2 rings (SSSR count). The van der Waals surface area contributed by atoms with E-state index < -0.39 is 0 Å². The Kier molecular flexibility index (Phi) is 1.43. The molecule has 3 nitrogen and oxygen atoms in total. The number of aromatic nitrogens is 1. The molecule has 0 saturated heterocycles. The van der Waals surface area contributed by atoms with Crippen LogP contribution in [0.1, 0.15) is 17.2 Å². The second-order valence-corrected chi connectivity index (χ2v) is 2.57. The Balaban J connectivity index is 2.46. The van der Waals surface area contributed by atoms with Gasteiger partial charge < -0.3 is 4.79 Å². The average Bonchev–Trinajstić information content (AvgIpc) is 2.47. The highest BCUT2D eigenvalue weighted by Crippen LogP contribution is 2.21. The van der Waals surface area contributed by atoms with Gasteiger partial charge in [-0.2, -0.15) is 0 Å². The van der Waals surface area contributed by atoms with E-state index in [4.69, 9.17) is 0 Å². The molecule has 0 bridgehead atoms. The molecule has 0 amide bonds. The van der Waals surface area contributed by atoms with Gasteiger partial charge in [0.25, 0.3) is 0 Å². The predicted octanol–water partition coefficient (Wildman–Crippen LogP) is 0.425. The number of rotatable bonds is 1. The van der Waals surface area contributed by atoms with Gasteiger partial charge in [0.2, 0.25) is 0 Å². The van der Waals surface area contributed by atoms with Gasteiger partial charge in [-0.15, -0.1) is 0 Å². The molecule has 0 aromatic carbocycles. The summed E-state index contributed by atoms with van der Waals surface area (Å²) in [5.74, 6) is 0. The molecule has 1 aromatic rings. The molecule has 3 heteroatoms. The lowest BCUT2D eigenvalue weighted by molar-refractivity contribution is -0.109. The van der Waals surface area contributed by atoms with E-state index in [2.05, 4.69) is 10.3 Å². The highest BCUT2D eigenvalue weighted by atomic mass is 16.1. The van der Waals surface area contributed by atoms with E-state index in [0.29, 0.717) is 0 Å². The van der Waals surface area contributed by atoms with Crippen molar-refractivity contribution in [3.63, 3.8) is 0 Å². The number of hydrogen-bond acceptors (Lipinski definition) is 3. The standard InChI is InChI=1S/C8H8N2O/c11-5-8-7-1-2-9-3-6(7)4-10-8/h1-3,5,8,10H,4H2. The van der Waals surface area contributed by atoms with Crippen LogP contribution in [0.5, 0.6) is 0 Å². The maximum absolute atomic E-state index is 10.5. The summed E-state index contributed by atoms with van der Waals surface area (Å²) >= 11 is 0. The van der Waals surface area contributed by atoms with Crippen LogP contribution in [-0.2, 0) is 11.3 Å². The summed E-state index contributed by atoms with van der Waals surface area (Å²) in [7, 11) is 0. The monoisotopic (exact) mass is 148 g/mol. The third-order valence-electron chi connectivity index (χ3n) is 1.92. The molecule has 56 valence electrons. The van der Waals surface area contributed by atoms with Crippen molar-refractivity contribution in [1.29, 1.82) is 0 Å². The van der Waals surface area contributed by atoms with E-state index >= 15 is 0 Å². The van der Waals surface area contributed by atoms with Crippen LogP contribution in [0.25, 0.3) is 0 Å². The van der Waals surface area contributed by atoms with Gasteiger partial charge in [-0.3, -0.25) is 10.3 Å². The molecule has 11 heavy (non-hydrogen) atoms. The van der Waals surface area contributed by atoms with Gasteiger partial charge in [-0.05, 0) is 17.2 Å². The van der Waals surface area contributed by atoms with Crippen LogP contribution >= 0.6 is 0 Å². The lowest BCUT2D eigenvalue weighted by Gasteiger charge is -2.00. The molecule has 0 aliphatic carbocycles. The smallest absolute Gasteiger partial charge is 0.141 e. The molecule has 1 unspecified atom stereocenters. The van der Waals surface area contributed by atoms with Crippen molar-refractivity contribution in [3.05, 3.63) is 29.6 Å². The minimum absolute atomic E-state index is 0.118. The second kappa shape index (κ2) is 2.43. The summed E-state index contributed by atoms with van der Waals surface area (Å²) in [4.78, 5) is 14.5. The summed E-state index contributed by atoms with van der Waals surface area (Å²) in [5, 5.41) is 3.06. The van der Waals surface area contributed by atoms with Crippen molar-refractivity contribution in [2.75, 3.05) is 0 Å². The molecular weight excluding hydrogens is 140 g/mol. The Hall–Kier alpha value is -1.22. The molecule has 2 heterocycles. The lowest BCUT2D eigenvalue weighted by atomic mass is 10.1. The fourth-order valence-corrected chi connectivity index (χ4v) is 1.34. The topological polar surface area (TPSA) is 42.0 Å². The van der Waals surface area contributed by atoms with Crippen LogP contribution in [-0.4, -0.2) is 11.3 Å². The molecule has 1 N–H and O–H groups in total. The van der Waals surface area contributed by atoms with Crippen LogP contribution in [0.3, 0.4) is 0 Å². The van der Waals surface area contributed by atoms with Crippen LogP contribution in [0.2, 0.25) is 0 Å². The third kappa shape index (κ3) is 0.935. The fraction of sp³-hybridized carbons (Fsp3) is 0.250. The van der Waals surface area contributed by atoms with Crippen LogP contribution in [0.4, 0.5) is 0 Å². The molecule has 0 radical (unpaired) electrons.